The Bertz CT molecular complexity index is 707. The minimum Gasteiger partial charge on any atom is -0.375 e. The number of likely N-dealkylation sites (tertiary alicyclic amines) is 1. The molecule has 7 heteroatoms. The smallest absolute Gasteiger partial charge is 0.249 e. The first-order valence-electron chi connectivity index (χ1n) is 7.99. The number of aromatic nitrogens is 3. The summed E-state index contributed by atoms with van der Waals surface area (Å²) in [6.07, 6.45) is 3.58. The van der Waals surface area contributed by atoms with Crippen LogP contribution in [0.25, 0.3) is 0 Å². The molecule has 1 amide bonds. The van der Waals surface area contributed by atoms with Gasteiger partial charge < -0.3 is 15.0 Å². The molecule has 1 unspecified atom stereocenters. The van der Waals surface area contributed by atoms with E-state index in [1.807, 2.05) is 36.1 Å². The first kappa shape index (κ1) is 16.3. The van der Waals surface area contributed by atoms with Crippen molar-refractivity contribution in [3.05, 3.63) is 42.0 Å². The number of hydrogen-bond donors (Lipinski definition) is 1. The molecule has 7 nitrogen and oxygen atoms in total. The van der Waals surface area contributed by atoms with E-state index in [1.165, 1.54) is 7.11 Å². The van der Waals surface area contributed by atoms with E-state index in [0.717, 1.165) is 30.9 Å². The maximum Gasteiger partial charge on any atom is 0.249 e. The molecule has 2 aromatic rings. The molecule has 2 aromatic heterocycles. The Morgan fingerprint density at radius 1 is 1.38 bits per heavy atom. The van der Waals surface area contributed by atoms with Crippen molar-refractivity contribution in [1.29, 1.82) is 0 Å². The number of carbonyl (C=O) groups excluding carboxylic acids is 1. The van der Waals surface area contributed by atoms with Gasteiger partial charge in [-0.15, -0.1) is 0 Å². The highest BCUT2D eigenvalue weighted by Gasteiger charge is 2.31. The quantitative estimate of drug-likeness (QED) is 0.907. The zero-order valence-electron chi connectivity index (χ0n) is 13.9. The number of pyridine rings is 1. The van der Waals surface area contributed by atoms with Crippen LogP contribution >= 0.6 is 0 Å². The Hall–Kier alpha value is -2.54. The first-order chi connectivity index (χ1) is 11.7. The maximum absolute atomic E-state index is 12.2. The normalized spacial score (nSPS) is 17.1. The van der Waals surface area contributed by atoms with E-state index in [0.29, 0.717) is 11.6 Å². The molecule has 0 bridgehead atoms. The Balaban J connectivity index is 1.84. The van der Waals surface area contributed by atoms with Crippen LogP contribution in [-0.2, 0) is 9.53 Å². The molecule has 126 valence electrons. The van der Waals surface area contributed by atoms with Gasteiger partial charge in [0.15, 0.2) is 0 Å². The highest BCUT2D eigenvalue weighted by Crippen LogP contribution is 2.32. The largest absolute Gasteiger partial charge is 0.375 e. The second-order valence-corrected chi connectivity index (χ2v) is 5.74. The van der Waals surface area contributed by atoms with Gasteiger partial charge in [-0.25, -0.2) is 15.0 Å². The lowest BCUT2D eigenvalue weighted by Gasteiger charge is -2.24. The summed E-state index contributed by atoms with van der Waals surface area (Å²) >= 11 is 0. The van der Waals surface area contributed by atoms with Crippen LogP contribution < -0.4 is 5.32 Å². The number of methoxy groups -OCH3 is 1. The number of aryl methyl sites for hydroxylation is 1. The Kier molecular flexibility index (Phi) is 5.00. The lowest BCUT2D eigenvalue weighted by Crippen LogP contribution is -2.33. The number of nitrogens with one attached hydrogen (secondary N) is 1. The van der Waals surface area contributed by atoms with Crippen molar-refractivity contribution < 1.29 is 9.53 Å². The number of amides is 1. The molecule has 1 aliphatic rings. The van der Waals surface area contributed by atoms with Crippen LogP contribution in [0.1, 0.15) is 30.4 Å². The summed E-state index contributed by atoms with van der Waals surface area (Å²) in [6, 6.07) is 7.51. The molecule has 1 aliphatic heterocycles. The van der Waals surface area contributed by atoms with Crippen molar-refractivity contribution >= 4 is 17.5 Å². The fraction of sp³-hybridized carbons (Fsp3) is 0.412. The van der Waals surface area contributed by atoms with Gasteiger partial charge in [-0.1, -0.05) is 6.07 Å². The third-order valence-corrected chi connectivity index (χ3v) is 3.96. The van der Waals surface area contributed by atoms with E-state index in [1.54, 1.807) is 6.20 Å². The van der Waals surface area contributed by atoms with E-state index in [9.17, 15) is 4.79 Å². The standard InChI is InChI=1S/C17H21N5O2/c1-12-19-13(14-6-5-9-22(14)17(23)11-24-2)10-16(20-12)21-15-7-3-4-8-18-15/h3-4,7-8,10,14H,5-6,9,11H2,1-2H3,(H,18,19,20,21). The van der Waals surface area contributed by atoms with Crippen LogP contribution in [0.15, 0.2) is 30.5 Å². The van der Waals surface area contributed by atoms with Gasteiger partial charge in [-0.2, -0.15) is 0 Å². The molecule has 1 atom stereocenters. The van der Waals surface area contributed by atoms with E-state index in [2.05, 4.69) is 20.3 Å². The molecule has 0 spiro atoms. The Morgan fingerprint density at radius 2 is 2.25 bits per heavy atom. The molecule has 0 aromatic carbocycles. The van der Waals surface area contributed by atoms with Gasteiger partial charge in [-0.05, 0) is 31.9 Å². The third kappa shape index (κ3) is 3.68. The summed E-state index contributed by atoms with van der Waals surface area (Å²) in [5, 5.41) is 3.19. The fourth-order valence-corrected chi connectivity index (χ4v) is 2.97. The van der Waals surface area contributed by atoms with Crippen molar-refractivity contribution in [3.8, 4) is 0 Å². The summed E-state index contributed by atoms with van der Waals surface area (Å²) < 4.78 is 4.98. The van der Waals surface area contributed by atoms with Crippen LogP contribution in [0.3, 0.4) is 0 Å². The summed E-state index contributed by atoms with van der Waals surface area (Å²) in [5.41, 5.74) is 0.850. The second-order valence-electron chi connectivity index (χ2n) is 5.74. The highest BCUT2D eigenvalue weighted by molar-refractivity contribution is 5.78. The second kappa shape index (κ2) is 7.35. The molecular formula is C17H21N5O2. The van der Waals surface area contributed by atoms with Gasteiger partial charge in [0.1, 0.15) is 24.1 Å². The molecule has 1 fully saturated rings. The molecular weight excluding hydrogens is 306 g/mol. The van der Waals surface area contributed by atoms with Crippen molar-refractivity contribution in [1.82, 2.24) is 19.9 Å². The lowest BCUT2D eigenvalue weighted by atomic mass is 10.1. The van der Waals surface area contributed by atoms with Gasteiger partial charge in [-0.3, -0.25) is 4.79 Å². The van der Waals surface area contributed by atoms with Crippen molar-refractivity contribution in [3.63, 3.8) is 0 Å². The average molecular weight is 327 g/mol. The molecule has 0 aliphatic carbocycles. The zero-order valence-corrected chi connectivity index (χ0v) is 13.9. The molecule has 1 saturated heterocycles. The van der Waals surface area contributed by atoms with E-state index in [-0.39, 0.29) is 18.6 Å². The van der Waals surface area contributed by atoms with Gasteiger partial charge in [0.05, 0.1) is 11.7 Å². The van der Waals surface area contributed by atoms with Crippen molar-refractivity contribution in [2.45, 2.75) is 25.8 Å². The SMILES string of the molecule is COCC(=O)N1CCCC1c1cc(Nc2ccccn2)nc(C)n1. The van der Waals surface area contributed by atoms with Crippen LogP contribution in [-0.4, -0.2) is 46.0 Å². The monoisotopic (exact) mass is 327 g/mol. The Labute approximate surface area is 141 Å². The van der Waals surface area contributed by atoms with Crippen LogP contribution in [0.5, 0.6) is 0 Å². The Morgan fingerprint density at radius 3 is 3.00 bits per heavy atom. The van der Waals surface area contributed by atoms with Gasteiger partial charge in [0, 0.05) is 25.9 Å². The van der Waals surface area contributed by atoms with E-state index in [4.69, 9.17) is 4.74 Å². The lowest BCUT2D eigenvalue weighted by molar-refractivity contribution is -0.136. The van der Waals surface area contributed by atoms with Gasteiger partial charge in [0.25, 0.3) is 0 Å². The van der Waals surface area contributed by atoms with Crippen molar-refractivity contribution in [2.75, 3.05) is 25.6 Å². The molecule has 0 radical (unpaired) electrons. The predicted octanol–water partition coefficient (Wildman–Crippen LogP) is 2.23. The fourth-order valence-electron chi connectivity index (χ4n) is 2.97. The highest BCUT2D eigenvalue weighted by atomic mass is 16.5. The molecule has 3 heterocycles. The van der Waals surface area contributed by atoms with Crippen LogP contribution in [0, 0.1) is 6.92 Å². The molecule has 0 saturated carbocycles. The van der Waals surface area contributed by atoms with Gasteiger partial charge >= 0.3 is 0 Å². The predicted molar refractivity (Wildman–Crippen MR) is 89.9 cm³/mol. The number of nitrogens with zero attached hydrogens (tertiary/aromatic N) is 4. The summed E-state index contributed by atoms with van der Waals surface area (Å²) in [5.74, 6) is 2.06. The number of anilines is 2. The number of ether oxygens (including phenoxy) is 1. The average Bonchev–Trinajstić information content (AvgIpc) is 3.05. The van der Waals surface area contributed by atoms with Gasteiger partial charge in [0.2, 0.25) is 5.91 Å². The third-order valence-electron chi connectivity index (χ3n) is 3.96. The molecule has 1 N–H and O–H groups in total. The van der Waals surface area contributed by atoms with E-state index < -0.39 is 0 Å². The number of carbonyl (C=O) groups is 1. The summed E-state index contributed by atoms with van der Waals surface area (Å²) in [6.45, 7) is 2.68. The summed E-state index contributed by atoms with van der Waals surface area (Å²) in [4.78, 5) is 27.3. The molecule has 3 rings (SSSR count). The van der Waals surface area contributed by atoms with Crippen molar-refractivity contribution in [2.24, 2.45) is 0 Å². The topological polar surface area (TPSA) is 80.2 Å². The number of rotatable bonds is 5. The van der Waals surface area contributed by atoms with Crippen LogP contribution in [0.4, 0.5) is 11.6 Å². The zero-order chi connectivity index (χ0) is 16.9. The minimum absolute atomic E-state index is 0.00417. The first-order valence-corrected chi connectivity index (χ1v) is 7.99. The molecule has 24 heavy (non-hydrogen) atoms. The van der Waals surface area contributed by atoms with E-state index >= 15 is 0 Å². The maximum atomic E-state index is 12.2. The summed E-state index contributed by atoms with van der Waals surface area (Å²) in [7, 11) is 1.53. The number of hydrogen-bond acceptors (Lipinski definition) is 6. The van der Waals surface area contributed by atoms with Crippen LogP contribution in [0.2, 0.25) is 0 Å². The minimum atomic E-state index is -0.0290.